The summed E-state index contributed by atoms with van der Waals surface area (Å²) in [6.45, 7) is 7.79. The first-order chi connectivity index (χ1) is 8.30. The number of rotatable bonds is 4. The van der Waals surface area contributed by atoms with E-state index >= 15 is 0 Å². The van der Waals surface area contributed by atoms with Crippen molar-refractivity contribution in [3.05, 3.63) is 34.9 Å². The topological polar surface area (TPSA) is 12.0 Å². The maximum Gasteiger partial charge on any atom is 0.0443 e. The van der Waals surface area contributed by atoms with Crippen molar-refractivity contribution in [1.29, 1.82) is 0 Å². The molecule has 0 saturated heterocycles. The van der Waals surface area contributed by atoms with Crippen LogP contribution < -0.4 is 5.32 Å². The van der Waals surface area contributed by atoms with Crippen molar-refractivity contribution in [2.24, 2.45) is 0 Å². The molecule has 1 heterocycles. The van der Waals surface area contributed by atoms with Crippen molar-refractivity contribution < 1.29 is 0 Å². The lowest BCUT2D eigenvalue weighted by atomic mass is 9.94. The Balaban J connectivity index is 2.35. The van der Waals surface area contributed by atoms with Gasteiger partial charge in [0.1, 0.15) is 0 Å². The second-order valence-corrected chi connectivity index (χ2v) is 5.91. The number of hydrogen-bond acceptors (Lipinski definition) is 2. The smallest absolute Gasteiger partial charge is 0.0443 e. The highest BCUT2D eigenvalue weighted by Gasteiger charge is 2.28. The summed E-state index contributed by atoms with van der Waals surface area (Å²) in [4.78, 5) is 0. The third-order valence-corrected chi connectivity index (χ3v) is 5.12. The van der Waals surface area contributed by atoms with Crippen LogP contribution in [-0.4, -0.2) is 11.8 Å². The standard InChI is InChI=1S/C15H23NS/c1-4-11-7-8-12-10-17-14(5-2)15(16-6-3)13(12)9-11/h7-9,14-16H,4-6,10H2,1-3H3. The van der Waals surface area contributed by atoms with E-state index in [0.29, 0.717) is 6.04 Å². The molecule has 0 fully saturated rings. The van der Waals surface area contributed by atoms with Crippen LogP contribution in [0.4, 0.5) is 0 Å². The van der Waals surface area contributed by atoms with E-state index in [9.17, 15) is 0 Å². The largest absolute Gasteiger partial charge is 0.309 e. The average molecular weight is 249 g/mol. The van der Waals surface area contributed by atoms with Crippen LogP contribution in [0.15, 0.2) is 18.2 Å². The quantitative estimate of drug-likeness (QED) is 0.868. The average Bonchev–Trinajstić information content (AvgIpc) is 2.39. The molecule has 0 spiro atoms. The van der Waals surface area contributed by atoms with Crippen LogP contribution in [0.5, 0.6) is 0 Å². The number of aryl methyl sites for hydroxylation is 1. The van der Waals surface area contributed by atoms with Crippen molar-refractivity contribution in [1.82, 2.24) is 5.32 Å². The van der Waals surface area contributed by atoms with Gasteiger partial charge in [0.15, 0.2) is 0 Å². The monoisotopic (exact) mass is 249 g/mol. The molecule has 2 atom stereocenters. The van der Waals surface area contributed by atoms with Crippen molar-refractivity contribution in [2.45, 2.75) is 50.7 Å². The summed E-state index contributed by atoms with van der Waals surface area (Å²) in [7, 11) is 0. The minimum absolute atomic E-state index is 0.547. The molecule has 0 amide bonds. The second kappa shape index (κ2) is 5.92. The van der Waals surface area contributed by atoms with Gasteiger partial charge < -0.3 is 5.32 Å². The molecular formula is C15H23NS. The molecule has 1 aromatic carbocycles. The molecule has 17 heavy (non-hydrogen) atoms. The fourth-order valence-corrected chi connectivity index (χ4v) is 3.92. The predicted octanol–water partition coefficient (Wildman–Crippen LogP) is 3.93. The van der Waals surface area contributed by atoms with Crippen molar-refractivity contribution in [3.63, 3.8) is 0 Å². The van der Waals surface area contributed by atoms with Gasteiger partial charge in [-0.1, -0.05) is 39.0 Å². The predicted molar refractivity (Wildman–Crippen MR) is 77.6 cm³/mol. The lowest BCUT2D eigenvalue weighted by Gasteiger charge is -2.33. The number of nitrogens with one attached hydrogen (secondary N) is 1. The Morgan fingerprint density at radius 1 is 1.29 bits per heavy atom. The Morgan fingerprint density at radius 2 is 2.12 bits per heavy atom. The van der Waals surface area contributed by atoms with Crippen LogP contribution in [0.1, 0.15) is 49.9 Å². The Labute approximate surface area is 109 Å². The van der Waals surface area contributed by atoms with Crippen LogP contribution >= 0.6 is 11.8 Å². The van der Waals surface area contributed by atoms with Crippen molar-refractivity contribution in [3.8, 4) is 0 Å². The van der Waals surface area contributed by atoms with E-state index < -0.39 is 0 Å². The summed E-state index contributed by atoms with van der Waals surface area (Å²) in [5.41, 5.74) is 4.55. The lowest BCUT2D eigenvalue weighted by molar-refractivity contribution is 0.513. The first-order valence-electron chi connectivity index (χ1n) is 6.76. The molecule has 1 aliphatic heterocycles. The van der Waals surface area contributed by atoms with E-state index in [-0.39, 0.29) is 0 Å². The highest BCUT2D eigenvalue weighted by molar-refractivity contribution is 7.99. The van der Waals surface area contributed by atoms with Gasteiger partial charge in [0.05, 0.1) is 0 Å². The molecule has 1 aliphatic rings. The minimum Gasteiger partial charge on any atom is -0.309 e. The van der Waals surface area contributed by atoms with Crippen LogP contribution in [0, 0.1) is 0 Å². The summed E-state index contributed by atoms with van der Waals surface area (Å²) in [5, 5.41) is 4.40. The number of hydrogen-bond donors (Lipinski definition) is 1. The van der Waals surface area contributed by atoms with Gasteiger partial charge in [0.2, 0.25) is 0 Å². The summed E-state index contributed by atoms with van der Waals surface area (Å²) in [6.07, 6.45) is 2.38. The third kappa shape index (κ3) is 2.69. The first-order valence-corrected chi connectivity index (χ1v) is 7.81. The fraction of sp³-hybridized carbons (Fsp3) is 0.600. The molecule has 2 heteroatoms. The summed E-state index contributed by atoms with van der Waals surface area (Å²) < 4.78 is 0. The molecule has 0 radical (unpaired) electrons. The zero-order chi connectivity index (χ0) is 12.3. The zero-order valence-electron chi connectivity index (χ0n) is 11.1. The SMILES string of the molecule is CCNC1c2cc(CC)ccc2CSC1CC. The normalized spacial score (nSPS) is 23.5. The van der Waals surface area contributed by atoms with Crippen LogP contribution in [0.3, 0.4) is 0 Å². The van der Waals surface area contributed by atoms with E-state index in [2.05, 4.69) is 56.0 Å². The molecule has 1 nitrogen and oxygen atoms in total. The maximum atomic E-state index is 3.67. The molecule has 0 saturated carbocycles. The second-order valence-electron chi connectivity index (χ2n) is 4.68. The van der Waals surface area contributed by atoms with E-state index in [1.165, 1.54) is 23.3 Å². The van der Waals surface area contributed by atoms with Gasteiger partial charge >= 0.3 is 0 Å². The Kier molecular flexibility index (Phi) is 4.52. The van der Waals surface area contributed by atoms with E-state index in [4.69, 9.17) is 0 Å². The lowest BCUT2D eigenvalue weighted by Crippen LogP contribution is -2.33. The Bertz CT molecular complexity index is 375. The molecule has 1 N–H and O–H groups in total. The van der Waals surface area contributed by atoms with Gasteiger partial charge in [-0.05, 0) is 36.1 Å². The molecule has 0 bridgehead atoms. The molecule has 0 aliphatic carbocycles. The minimum atomic E-state index is 0.547. The van der Waals surface area contributed by atoms with Gasteiger partial charge in [0.25, 0.3) is 0 Å². The highest BCUT2D eigenvalue weighted by Crippen LogP contribution is 2.39. The molecule has 1 aromatic rings. The number of thioether (sulfide) groups is 1. The summed E-state index contributed by atoms with van der Waals surface area (Å²) in [5.74, 6) is 1.18. The summed E-state index contributed by atoms with van der Waals surface area (Å²) in [6, 6.07) is 7.59. The van der Waals surface area contributed by atoms with Gasteiger partial charge in [-0.25, -0.2) is 0 Å². The summed E-state index contributed by atoms with van der Waals surface area (Å²) >= 11 is 2.10. The molecule has 0 aromatic heterocycles. The van der Waals surface area contributed by atoms with Gasteiger partial charge in [-0.3, -0.25) is 0 Å². The van der Waals surface area contributed by atoms with E-state index in [0.717, 1.165) is 18.2 Å². The Hall–Kier alpha value is -0.470. The van der Waals surface area contributed by atoms with Crippen LogP contribution in [0.25, 0.3) is 0 Å². The third-order valence-electron chi connectivity index (χ3n) is 3.60. The van der Waals surface area contributed by atoms with Crippen molar-refractivity contribution >= 4 is 11.8 Å². The molecule has 2 unspecified atom stereocenters. The van der Waals surface area contributed by atoms with Gasteiger partial charge in [0, 0.05) is 17.0 Å². The fourth-order valence-electron chi connectivity index (χ4n) is 2.59. The molecular weight excluding hydrogens is 226 g/mol. The van der Waals surface area contributed by atoms with Gasteiger partial charge in [-0.2, -0.15) is 11.8 Å². The number of fused-ring (bicyclic) bond motifs is 1. The van der Waals surface area contributed by atoms with Crippen LogP contribution in [-0.2, 0) is 12.2 Å². The maximum absolute atomic E-state index is 3.67. The van der Waals surface area contributed by atoms with Crippen LogP contribution in [0.2, 0.25) is 0 Å². The van der Waals surface area contributed by atoms with E-state index in [1.54, 1.807) is 5.56 Å². The van der Waals surface area contributed by atoms with Crippen molar-refractivity contribution in [2.75, 3.05) is 6.54 Å². The van der Waals surface area contributed by atoms with E-state index in [1.807, 2.05) is 0 Å². The van der Waals surface area contributed by atoms with Gasteiger partial charge in [-0.15, -0.1) is 0 Å². The number of benzene rings is 1. The highest BCUT2D eigenvalue weighted by atomic mass is 32.2. The molecule has 94 valence electrons. The Morgan fingerprint density at radius 3 is 2.76 bits per heavy atom. The zero-order valence-corrected chi connectivity index (χ0v) is 11.9. The molecule has 2 rings (SSSR count). The first kappa shape index (κ1) is 13.0.